The fourth-order valence-corrected chi connectivity index (χ4v) is 2.29. The summed E-state index contributed by atoms with van der Waals surface area (Å²) >= 11 is 6.04. The second kappa shape index (κ2) is 4.76. The molecule has 0 unspecified atom stereocenters. The Morgan fingerprint density at radius 2 is 1.68 bits per heavy atom. The van der Waals surface area contributed by atoms with Crippen LogP contribution in [0.5, 0.6) is 0 Å². The van der Waals surface area contributed by atoms with Crippen molar-refractivity contribution in [2.45, 2.75) is 52.5 Å². The van der Waals surface area contributed by atoms with Gasteiger partial charge in [0.05, 0.1) is 11.2 Å². The van der Waals surface area contributed by atoms with Crippen molar-refractivity contribution < 1.29 is 13.7 Å². The van der Waals surface area contributed by atoms with Crippen LogP contribution in [-0.2, 0) is 16.0 Å². The van der Waals surface area contributed by atoms with Gasteiger partial charge in [0, 0.05) is 5.02 Å². The SMILES string of the molecule is Cc1c(Cl)ccc(B2OC(C)(C)C(C)(C)O2)c1CF. The van der Waals surface area contributed by atoms with Crippen molar-refractivity contribution in [2.75, 3.05) is 0 Å². The van der Waals surface area contributed by atoms with E-state index in [2.05, 4.69) is 0 Å². The maximum Gasteiger partial charge on any atom is 0.495 e. The minimum absolute atomic E-state index is 0.432. The average Bonchev–Trinajstić information content (AvgIpc) is 2.51. The number of alkyl halides is 1. The summed E-state index contributed by atoms with van der Waals surface area (Å²) in [5.41, 5.74) is 1.17. The van der Waals surface area contributed by atoms with E-state index in [1.807, 2.05) is 34.6 Å². The Labute approximate surface area is 119 Å². The van der Waals surface area contributed by atoms with E-state index in [4.69, 9.17) is 20.9 Å². The third kappa shape index (κ3) is 2.42. The van der Waals surface area contributed by atoms with Gasteiger partial charge in [-0.2, -0.15) is 0 Å². The van der Waals surface area contributed by atoms with E-state index >= 15 is 0 Å². The molecule has 2 rings (SSSR count). The zero-order valence-electron chi connectivity index (χ0n) is 12.0. The standard InChI is InChI=1S/C14H19BClFO2/c1-9-10(8-17)11(6-7-12(9)16)15-18-13(2,3)14(4,5)19-15/h6-7H,8H2,1-5H3. The Hall–Kier alpha value is -0.575. The quantitative estimate of drug-likeness (QED) is 0.775. The maximum absolute atomic E-state index is 13.3. The van der Waals surface area contributed by atoms with Crippen LogP contribution >= 0.6 is 11.6 Å². The van der Waals surface area contributed by atoms with Crippen LogP contribution in [0.3, 0.4) is 0 Å². The summed E-state index contributed by atoms with van der Waals surface area (Å²) in [6.45, 7) is 9.14. The Morgan fingerprint density at radius 3 is 2.16 bits per heavy atom. The summed E-state index contributed by atoms with van der Waals surface area (Å²) in [6.07, 6.45) is 0. The molecule has 1 aliphatic heterocycles. The minimum atomic E-state index is -0.578. The molecule has 5 heteroatoms. The Balaban J connectivity index is 2.43. The third-order valence-corrected chi connectivity index (χ3v) is 4.62. The molecule has 0 atom stereocenters. The van der Waals surface area contributed by atoms with Gasteiger partial charge in [-0.3, -0.25) is 0 Å². The normalized spacial score (nSPS) is 20.9. The zero-order valence-corrected chi connectivity index (χ0v) is 12.8. The van der Waals surface area contributed by atoms with Gasteiger partial charge >= 0.3 is 7.12 Å². The zero-order chi connectivity index (χ0) is 14.4. The number of hydrogen-bond donors (Lipinski definition) is 0. The first kappa shape index (κ1) is 14.8. The Bertz CT molecular complexity index is 486. The van der Waals surface area contributed by atoms with E-state index in [0.717, 1.165) is 11.0 Å². The molecule has 1 aromatic carbocycles. The second-order valence-electron chi connectivity index (χ2n) is 5.96. The lowest BCUT2D eigenvalue weighted by molar-refractivity contribution is 0.00578. The fraction of sp³-hybridized carbons (Fsp3) is 0.571. The number of rotatable bonds is 2. The molecule has 1 aromatic rings. The van der Waals surface area contributed by atoms with E-state index < -0.39 is 25.0 Å². The van der Waals surface area contributed by atoms with Gasteiger partial charge in [0.25, 0.3) is 0 Å². The Morgan fingerprint density at radius 1 is 1.16 bits per heavy atom. The minimum Gasteiger partial charge on any atom is -0.399 e. The highest BCUT2D eigenvalue weighted by atomic mass is 35.5. The van der Waals surface area contributed by atoms with Crippen molar-refractivity contribution >= 4 is 24.2 Å². The van der Waals surface area contributed by atoms with Crippen molar-refractivity contribution in [3.05, 3.63) is 28.3 Å². The first-order chi connectivity index (χ1) is 8.69. The first-order valence-corrected chi connectivity index (χ1v) is 6.77. The molecule has 0 aliphatic carbocycles. The highest BCUT2D eigenvalue weighted by molar-refractivity contribution is 6.62. The summed E-state index contributed by atoms with van der Waals surface area (Å²) < 4.78 is 25.2. The van der Waals surface area contributed by atoms with Crippen LogP contribution in [0.4, 0.5) is 4.39 Å². The molecule has 0 radical (unpaired) electrons. The first-order valence-electron chi connectivity index (χ1n) is 6.39. The molecule has 0 saturated carbocycles. The molecule has 0 N–H and O–H groups in total. The monoisotopic (exact) mass is 284 g/mol. The van der Waals surface area contributed by atoms with Gasteiger partial charge < -0.3 is 9.31 Å². The summed E-state index contributed by atoms with van der Waals surface area (Å²) in [5.74, 6) is 0. The summed E-state index contributed by atoms with van der Waals surface area (Å²) in [5, 5.41) is 0.563. The molecule has 0 bridgehead atoms. The van der Waals surface area contributed by atoms with Gasteiger partial charge in [-0.05, 0) is 57.3 Å². The molecule has 2 nitrogen and oxygen atoms in total. The molecule has 1 aliphatic rings. The molecular formula is C14H19BClFO2. The lowest BCUT2D eigenvalue weighted by Gasteiger charge is -2.32. The van der Waals surface area contributed by atoms with Crippen molar-refractivity contribution in [1.82, 2.24) is 0 Å². The van der Waals surface area contributed by atoms with E-state index in [0.29, 0.717) is 10.6 Å². The number of halogens is 2. The van der Waals surface area contributed by atoms with Crippen LogP contribution in [-0.4, -0.2) is 18.3 Å². The van der Waals surface area contributed by atoms with Gasteiger partial charge in [0.1, 0.15) is 6.67 Å². The van der Waals surface area contributed by atoms with Crippen LogP contribution in [0, 0.1) is 6.92 Å². The third-order valence-electron chi connectivity index (χ3n) is 4.21. The lowest BCUT2D eigenvalue weighted by Crippen LogP contribution is -2.41. The van der Waals surface area contributed by atoms with Gasteiger partial charge in [0.2, 0.25) is 0 Å². The van der Waals surface area contributed by atoms with Crippen molar-refractivity contribution in [2.24, 2.45) is 0 Å². The molecule has 1 fully saturated rings. The van der Waals surface area contributed by atoms with Crippen LogP contribution in [0.2, 0.25) is 5.02 Å². The van der Waals surface area contributed by atoms with Gasteiger partial charge in [-0.25, -0.2) is 4.39 Å². The van der Waals surface area contributed by atoms with Gasteiger partial charge in [-0.15, -0.1) is 0 Å². The fourth-order valence-electron chi connectivity index (χ4n) is 2.12. The van der Waals surface area contributed by atoms with Crippen molar-refractivity contribution in [1.29, 1.82) is 0 Å². The highest BCUT2D eigenvalue weighted by Gasteiger charge is 2.52. The number of hydrogen-bond acceptors (Lipinski definition) is 2. The molecule has 104 valence electrons. The van der Waals surface area contributed by atoms with E-state index in [1.165, 1.54) is 0 Å². The summed E-state index contributed by atoms with van der Waals surface area (Å²) in [7, 11) is -0.549. The molecule has 0 amide bonds. The molecule has 19 heavy (non-hydrogen) atoms. The predicted octanol–water partition coefficient (Wildman–Crippen LogP) is 3.42. The molecule has 0 aromatic heterocycles. The number of benzene rings is 1. The van der Waals surface area contributed by atoms with Crippen LogP contribution in [0.15, 0.2) is 12.1 Å². The molecule has 1 saturated heterocycles. The van der Waals surface area contributed by atoms with E-state index in [-0.39, 0.29) is 0 Å². The maximum atomic E-state index is 13.3. The van der Waals surface area contributed by atoms with Crippen molar-refractivity contribution in [3.63, 3.8) is 0 Å². The largest absolute Gasteiger partial charge is 0.495 e. The summed E-state index contributed by atoms with van der Waals surface area (Å²) in [4.78, 5) is 0. The van der Waals surface area contributed by atoms with Gasteiger partial charge in [-0.1, -0.05) is 17.7 Å². The molecular weight excluding hydrogens is 265 g/mol. The highest BCUT2D eigenvalue weighted by Crippen LogP contribution is 2.37. The van der Waals surface area contributed by atoms with E-state index in [9.17, 15) is 4.39 Å². The van der Waals surface area contributed by atoms with Gasteiger partial charge in [0.15, 0.2) is 0 Å². The van der Waals surface area contributed by atoms with Crippen LogP contribution < -0.4 is 5.46 Å². The van der Waals surface area contributed by atoms with E-state index in [1.54, 1.807) is 12.1 Å². The molecule has 1 heterocycles. The molecule has 0 spiro atoms. The smallest absolute Gasteiger partial charge is 0.399 e. The summed E-state index contributed by atoms with van der Waals surface area (Å²) in [6, 6.07) is 3.54. The average molecular weight is 285 g/mol. The Kier molecular flexibility index (Phi) is 3.71. The van der Waals surface area contributed by atoms with Crippen molar-refractivity contribution in [3.8, 4) is 0 Å². The van der Waals surface area contributed by atoms with Crippen LogP contribution in [0.1, 0.15) is 38.8 Å². The lowest BCUT2D eigenvalue weighted by atomic mass is 9.75. The van der Waals surface area contributed by atoms with Crippen LogP contribution in [0.25, 0.3) is 0 Å². The predicted molar refractivity (Wildman–Crippen MR) is 76.7 cm³/mol. The topological polar surface area (TPSA) is 18.5 Å². The second-order valence-corrected chi connectivity index (χ2v) is 6.37.